The van der Waals surface area contributed by atoms with Gasteiger partial charge in [0.05, 0.1) is 6.04 Å². The molecule has 2 fully saturated rings. The van der Waals surface area contributed by atoms with Crippen LogP contribution in [0.4, 0.5) is 0 Å². The molecule has 1 unspecified atom stereocenters. The van der Waals surface area contributed by atoms with Crippen molar-refractivity contribution >= 4 is 23.4 Å². The standard InChI is InChI=1S/C28H36ClN3O2/c1-21(2)27(34)30-25(23-6-4-3-5-7-23)12-15-31-16-13-28(14-17-31)18-26(33)32(20-28)19-22-8-10-24(29)11-9-22/h3-11,21,25H,12-20H2,1-2H3,(H,30,34). The summed E-state index contributed by atoms with van der Waals surface area (Å²) in [6.45, 7) is 8.32. The van der Waals surface area contributed by atoms with Crippen LogP contribution in [-0.2, 0) is 16.1 Å². The summed E-state index contributed by atoms with van der Waals surface area (Å²) in [5, 5.41) is 3.95. The minimum absolute atomic E-state index is 0.0231. The molecule has 6 heteroatoms. The van der Waals surface area contributed by atoms with Crippen LogP contribution in [0, 0.1) is 11.3 Å². The predicted octanol–water partition coefficient (Wildman–Crippen LogP) is 5.06. The van der Waals surface area contributed by atoms with E-state index in [9.17, 15) is 9.59 Å². The van der Waals surface area contributed by atoms with Crippen molar-refractivity contribution in [3.8, 4) is 0 Å². The maximum atomic E-state index is 12.8. The fourth-order valence-corrected chi connectivity index (χ4v) is 5.31. The molecule has 0 aliphatic carbocycles. The molecule has 2 heterocycles. The molecule has 2 aliphatic heterocycles. The van der Waals surface area contributed by atoms with Crippen molar-refractivity contribution in [3.63, 3.8) is 0 Å². The summed E-state index contributed by atoms with van der Waals surface area (Å²) < 4.78 is 0. The number of amides is 2. The van der Waals surface area contributed by atoms with Gasteiger partial charge >= 0.3 is 0 Å². The minimum Gasteiger partial charge on any atom is -0.349 e. The van der Waals surface area contributed by atoms with Gasteiger partial charge in [0.15, 0.2) is 0 Å². The number of nitrogens with zero attached hydrogens (tertiary/aromatic N) is 2. The zero-order valence-corrected chi connectivity index (χ0v) is 21.1. The summed E-state index contributed by atoms with van der Waals surface area (Å²) in [4.78, 5) is 29.7. The van der Waals surface area contributed by atoms with Crippen LogP contribution in [0.25, 0.3) is 0 Å². The van der Waals surface area contributed by atoms with Crippen molar-refractivity contribution in [2.45, 2.75) is 52.1 Å². The van der Waals surface area contributed by atoms with Crippen molar-refractivity contribution in [1.29, 1.82) is 0 Å². The highest BCUT2D eigenvalue weighted by Gasteiger charge is 2.44. The highest BCUT2D eigenvalue weighted by Crippen LogP contribution is 2.41. The molecule has 34 heavy (non-hydrogen) atoms. The van der Waals surface area contributed by atoms with E-state index in [1.807, 2.05) is 61.2 Å². The average molecular weight is 482 g/mol. The molecule has 0 saturated carbocycles. The first kappa shape index (κ1) is 24.7. The van der Waals surface area contributed by atoms with Gasteiger partial charge in [-0.05, 0) is 61.0 Å². The predicted molar refractivity (Wildman–Crippen MR) is 136 cm³/mol. The third-order valence-corrected chi connectivity index (χ3v) is 7.64. The zero-order valence-electron chi connectivity index (χ0n) is 20.3. The monoisotopic (exact) mass is 481 g/mol. The summed E-state index contributed by atoms with van der Waals surface area (Å²) in [5.41, 5.74) is 2.39. The lowest BCUT2D eigenvalue weighted by Gasteiger charge is -2.39. The highest BCUT2D eigenvalue weighted by molar-refractivity contribution is 6.30. The number of likely N-dealkylation sites (tertiary alicyclic amines) is 2. The summed E-state index contributed by atoms with van der Waals surface area (Å²) >= 11 is 6.00. The Balaban J connectivity index is 1.30. The Bertz CT molecular complexity index is 969. The maximum Gasteiger partial charge on any atom is 0.223 e. The van der Waals surface area contributed by atoms with Gasteiger partial charge in [-0.2, -0.15) is 0 Å². The molecule has 2 aromatic carbocycles. The van der Waals surface area contributed by atoms with Gasteiger partial charge in [-0.1, -0.05) is 67.9 Å². The molecule has 0 radical (unpaired) electrons. The summed E-state index contributed by atoms with van der Waals surface area (Å²) in [6, 6.07) is 18.1. The second-order valence-corrected chi connectivity index (χ2v) is 10.7. The maximum absolute atomic E-state index is 12.8. The number of carbonyl (C=O) groups excluding carboxylic acids is 2. The molecule has 4 rings (SSSR count). The van der Waals surface area contributed by atoms with Gasteiger partial charge in [-0.3, -0.25) is 9.59 Å². The molecule has 182 valence electrons. The molecule has 2 amide bonds. The highest BCUT2D eigenvalue weighted by atomic mass is 35.5. The van der Waals surface area contributed by atoms with Gasteiger partial charge < -0.3 is 15.1 Å². The molecular formula is C28H36ClN3O2. The van der Waals surface area contributed by atoms with Crippen LogP contribution in [0.1, 0.15) is 56.7 Å². The Morgan fingerprint density at radius 3 is 2.38 bits per heavy atom. The van der Waals surface area contributed by atoms with Gasteiger partial charge in [-0.25, -0.2) is 0 Å². The molecular weight excluding hydrogens is 446 g/mol. The lowest BCUT2D eigenvalue weighted by Crippen LogP contribution is -2.43. The summed E-state index contributed by atoms with van der Waals surface area (Å²) in [6.07, 6.45) is 3.64. The lowest BCUT2D eigenvalue weighted by molar-refractivity contribution is -0.128. The number of rotatable bonds is 8. The van der Waals surface area contributed by atoms with Crippen molar-refractivity contribution in [2.24, 2.45) is 11.3 Å². The second-order valence-electron chi connectivity index (χ2n) is 10.3. The molecule has 0 aromatic heterocycles. The van der Waals surface area contributed by atoms with Gasteiger partial charge in [0.2, 0.25) is 11.8 Å². The Morgan fingerprint density at radius 1 is 1.06 bits per heavy atom. The number of piperidine rings is 1. The normalized spacial score (nSPS) is 19.1. The summed E-state index contributed by atoms with van der Waals surface area (Å²) in [5.74, 6) is 0.331. The first-order chi connectivity index (χ1) is 16.3. The van der Waals surface area contributed by atoms with Crippen LogP contribution < -0.4 is 5.32 Å². The number of carbonyl (C=O) groups is 2. The Kier molecular flexibility index (Phi) is 7.95. The number of benzene rings is 2. The van der Waals surface area contributed by atoms with Crippen molar-refractivity contribution < 1.29 is 9.59 Å². The fourth-order valence-electron chi connectivity index (χ4n) is 5.18. The molecule has 0 bridgehead atoms. The van der Waals surface area contributed by atoms with E-state index >= 15 is 0 Å². The Labute approximate surface area is 208 Å². The van der Waals surface area contributed by atoms with Crippen LogP contribution in [0.15, 0.2) is 54.6 Å². The van der Waals surface area contributed by atoms with Crippen molar-refractivity contribution in [2.75, 3.05) is 26.2 Å². The van der Waals surface area contributed by atoms with Gasteiger partial charge in [0.25, 0.3) is 0 Å². The molecule has 1 spiro atoms. The Hall–Kier alpha value is -2.37. The topological polar surface area (TPSA) is 52.7 Å². The van der Waals surface area contributed by atoms with Crippen LogP contribution in [0.3, 0.4) is 0 Å². The minimum atomic E-state index is -0.0308. The Morgan fingerprint density at radius 2 is 1.74 bits per heavy atom. The van der Waals surface area contributed by atoms with Gasteiger partial charge in [0, 0.05) is 37.0 Å². The van der Waals surface area contributed by atoms with E-state index in [0.29, 0.717) is 13.0 Å². The van der Waals surface area contributed by atoms with E-state index in [1.165, 1.54) is 0 Å². The fraction of sp³-hybridized carbons (Fsp3) is 0.500. The van der Waals surface area contributed by atoms with Crippen molar-refractivity contribution in [3.05, 3.63) is 70.7 Å². The largest absolute Gasteiger partial charge is 0.349 e. The van der Waals surface area contributed by atoms with E-state index in [-0.39, 0.29) is 29.2 Å². The molecule has 2 saturated heterocycles. The second kappa shape index (κ2) is 10.9. The van der Waals surface area contributed by atoms with Crippen molar-refractivity contribution in [1.82, 2.24) is 15.1 Å². The molecule has 5 nitrogen and oxygen atoms in total. The number of halogens is 1. The first-order valence-electron chi connectivity index (χ1n) is 12.4. The number of nitrogens with one attached hydrogen (secondary N) is 1. The molecule has 2 aromatic rings. The average Bonchev–Trinajstić information content (AvgIpc) is 3.13. The summed E-state index contributed by atoms with van der Waals surface area (Å²) in [7, 11) is 0. The zero-order chi connectivity index (χ0) is 24.1. The van der Waals surface area contributed by atoms with E-state index in [0.717, 1.165) is 61.6 Å². The van der Waals surface area contributed by atoms with E-state index in [1.54, 1.807) is 0 Å². The van der Waals surface area contributed by atoms with Gasteiger partial charge in [-0.15, -0.1) is 0 Å². The third-order valence-electron chi connectivity index (χ3n) is 7.39. The van der Waals surface area contributed by atoms with E-state index in [4.69, 9.17) is 11.6 Å². The number of hydrogen-bond donors (Lipinski definition) is 1. The SMILES string of the molecule is CC(C)C(=O)NC(CCN1CCC2(CC1)CC(=O)N(Cc1ccc(Cl)cc1)C2)c1ccccc1. The third kappa shape index (κ3) is 6.19. The quantitative estimate of drug-likeness (QED) is 0.573. The van der Waals surface area contributed by atoms with E-state index < -0.39 is 0 Å². The molecule has 1 N–H and O–H groups in total. The van der Waals surface area contributed by atoms with E-state index in [2.05, 4.69) is 22.3 Å². The smallest absolute Gasteiger partial charge is 0.223 e. The van der Waals surface area contributed by atoms with Crippen LogP contribution in [0.2, 0.25) is 5.02 Å². The first-order valence-corrected chi connectivity index (χ1v) is 12.8. The van der Waals surface area contributed by atoms with Crippen LogP contribution >= 0.6 is 11.6 Å². The molecule has 2 aliphatic rings. The lowest BCUT2D eigenvalue weighted by atomic mass is 9.77. The van der Waals surface area contributed by atoms with Crippen LogP contribution in [-0.4, -0.2) is 47.8 Å². The van der Waals surface area contributed by atoms with Crippen LogP contribution in [0.5, 0.6) is 0 Å². The van der Waals surface area contributed by atoms with Gasteiger partial charge in [0.1, 0.15) is 0 Å². The number of hydrogen-bond acceptors (Lipinski definition) is 3. The molecule has 1 atom stereocenters.